The first kappa shape index (κ1) is 14.4. The first-order valence-electron chi connectivity index (χ1n) is 6.05. The van der Waals surface area contributed by atoms with Gasteiger partial charge in [-0.3, -0.25) is 4.79 Å². The van der Waals surface area contributed by atoms with E-state index in [9.17, 15) is 4.79 Å². The number of carbonyl (C=O) groups is 1. The molecule has 1 heterocycles. The van der Waals surface area contributed by atoms with Crippen LogP contribution in [-0.4, -0.2) is 34.5 Å². The lowest BCUT2D eigenvalue weighted by atomic mass is 10.2. The van der Waals surface area contributed by atoms with Crippen molar-refractivity contribution in [1.29, 1.82) is 0 Å². The van der Waals surface area contributed by atoms with Crippen LogP contribution in [0.5, 0.6) is 0 Å². The van der Waals surface area contributed by atoms with E-state index in [1.165, 1.54) is 0 Å². The van der Waals surface area contributed by atoms with Gasteiger partial charge in [-0.15, -0.1) is 0 Å². The monoisotopic (exact) mass is 273 g/mol. The van der Waals surface area contributed by atoms with Crippen LogP contribution in [0.1, 0.15) is 12.8 Å². The van der Waals surface area contributed by atoms with Gasteiger partial charge in [-0.1, -0.05) is 0 Å². The predicted octanol–water partition coefficient (Wildman–Crippen LogP) is 2.78. The fraction of sp³-hybridized carbons (Fsp3) is 0.818. The van der Waals surface area contributed by atoms with Crippen molar-refractivity contribution in [3.05, 3.63) is 0 Å². The van der Waals surface area contributed by atoms with Crippen LogP contribution < -0.4 is 0 Å². The van der Waals surface area contributed by atoms with E-state index in [1.807, 2.05) is 19.6 Å². The van der Waals surface area contributed by atoms with E-state index in [0.29, 0.717) is 0 Å². The Morgan fingerprint density at radius 3 is 2.24 bits per heavy atom. The van der Waals surface area contributed by atoms with E-state index < -0.39 is 16.6 Å². The van der Waals surface area contributed by atoms with Crippen LogP contribution in [0.2, 0.25) is 39.3 Å². The summed E-state index contributed by atoms with van der Waals surface area (Å²) in [6, 6.07) is -0.340. The van der Waals surface area contributed by atoms with Crippen molar-refractivity contribution in [3.63, 3.8) is 0 Å². The summed E-state index contributed by atoms with van der Waals surface area (Å²) in [5.41, 5.74) is 0. The molecule has 1 unspecified atom stereocenters. The molecule has 0 bridgehead atoms. The summed E-state index contributed by atoms with van der Waals surface area (Å²) in [6.45, 7) is 12.4. The minimum Gasteiger partial charge on any atom is -0.535 e. The molecule has 0 N–H and O–H groups in total. The Kier molecular flexibility index (Phi) is 4.19. The SMILES string of the molecule is C[Si](C)(C)OC(=O)C1CCC(O[Si](C)(C)C)=N1. The number of hydrogen-bond acceptors (Lipinski definition) is 4. The molecule has 0 aromatic rings. The summed E-state index contributed by atoms with van der Waals surface area (Å²) in [4.78, 5) is 16.2. The Hall–Kier alpha value is -0.626. The molecule has 0 saturated carbocycles. The lowest BCUT2D eigenvalue weighted by Gasteiger charge is -2.19. The van der Waals surface area contributed by atoms with Crippen molar-refractivity contribution in [1.82, 2.24) is 0 Å². The Bertz CT molecular complexity index is 329. The summed E-state index contributed by atoms with van der Waals surface area (Å²) in [6.07, 6.45) is 1.48. The summed E-state index contributed by atoms with van der Waals surface area (Å²) in [7, 11) is -3.42. The van der Waals surface area contributed by atoms with Crippen LogP contribution in [0.25, 0.3) is 0 Å². The van der Waals surface area contributed by atoms with E-state index in [1.54, 1.807) is 0 Å². The minimum atomic E-state index is -1.81. The molecule has 0 amide bonds. The maximum absolute atomic E-state index is 11.8. The second-order valence-electron chi connectivity index (χ2n) is 6.33. The lowest BCUT2D eigenvalue weighted by molar-refractivity contribution is -0.136. The predicted molar refractivity (Wildman–Crippen MR) is 74.3 cm³/mol. The van der Waals surface area contributed by atoms with E-state index in [4.69, 9.17) is 8.85 Å². The maximum atomic E-state index is 11.8. The van der Waals surface area contributed by atoms with Crippen LogP contribution in [0.3, 0.4) is 0 Å². The Morgan fingerprint density at radius 1 is 1.18 bits per heavy atom. The summed E-state index contributed by atoms with van der Waals surface area (Å²) < 4.78 is 11.3. The molecule has 0 radical (unpaired) electrons. The summed E-state index contributed by atoms with van der Waals surface area (Å²) in [5, 5.41) is 0. The Morgan fingerprint density at radius 2 is 1.76 bits per heavy atom. The fourth-order valence-electron chi connectivity index (χ4n) is 1.53. The van der Waals surface area contributed by atoms with E-state index in [0.717, 1.165) is 18.7 Å². The van der Waals surface area contributed by atoms with Crippen molar-refractivity contribution in [2.45, 2.75) is 58.2 Å². The minimum absolute atomic E-state index is 0.182. The zero-order chi connectivity index (χ0) is 13.3. The van der Waals surface area contributed by atoms with Crippen molar-refractivity contribution in [2.75, 3.05) is 0 Å². The highest BCUT2D eigenvalue weighted by molar-refractivity contribution is 6.71. The Labute approximate surface area is 106 Å². The average molecular weight is 273 g/mol. The summed E-state index contributed by atoms with van der Waals surface area (Å²) in [5.74, 6) is 0.556. The Balaban J connectivity index is 2.56. The smallest absolute Gasteiger partial charge is 0.317 e. The van der Waals surface area contributed by atoms with Gasteiger partial charge in [-0.05, 0) is 45.7 Å². The third-order valence-electron chi connectivity index (χ3n) is 2.03. The van der Waals surface area contributed by atoms with Crippen LogP contribution in [0.4, 0.5) is 0 Å². The van der Waals surface area contributed by atoms with Crippen molar-refractivity contribution >= 4 is 28.5 Å². The third-order valence-corrected chi connectivity index (χ3v) is 3.70. The van der Waals surface area contributed by atoms with Gasteiger partial charge in [0.25, 0.3) is 0 Å². The second-order valence-corrected chi connectivity index (χ2v) is 15.2. The zero-order valence-corrected chi connectivity index (χ0v) is 13.7. The standard InChI is InChI=1S/C11H23NO3Si2/c1-16(2,3)14-10-8-7-9(12-10)11(13)15-17(4,5)6/h9H,7-8H2,1-6H3. The molecule has 4 nitrogen and oxygen atoms in total. The number of rotatable bonds is 3. The van der Waals surface area contributed by atoms with Gasteiger partial charge in [0.1, 0.15) is 6.04 Å². The van der Waals surface area contributed by atoms with Crippen LogP contribution in [-0.2, 0) is 13.6 Å². The number of aliphatic imine (C=N–C) groups is 1. The molecule has 0 fully saturated rings. The molecule has 17 heavy (non-hydrogen) atoms. The fourth-order valence-corrected chi connectivity index (χ4v) is 3.14. The zero-order valence-electron chi connectivity index (χ0n) is 11.7. The first-order valence-corrected chi connectivity index (χ1v) is 12.9. The highest BCUT2D eigenvalue weighted by Crippen LogP contribution is 2.19. The molecule has 0 saturated heterocycles. The van der Waals surface area contributed by atoms with E-state index in [2.05, 4.69) is 24.6 Å². The van der Waals surface area contributed by atoms with Crippen molar-refractivity contribution < 1.29 is 13.6 Å². The van der Waals surface area contributed by atoms with Crippen LogP contribution in [0, 0.1) is 0 Å². The van der Waals surface area contributed by atoms with Crippen LogP contribution >= 0.6 is 0 Å². The van der Waals surface area contributed by atoms with Gasteiger partial charge < -0.3 is 8.85 Å². The molecular weight excluding hydrogens is 250 g/mol. The first-order chi connectivity index (χ1) is 7.57. The van der Waals surface area contributed by atoms with Gasteiger partial charge in [-0.2, -0.15) is 0 Å². The van der Waals surface area contributed by atoms with Gasteiger partial charge in [0.15, 0.2) is 5.90 Å². The molecule has 1 rings (SSSR count). The van der Waals surface area contributed by atoms with Crippen LogP contribution in [0.15, 0.2) is 4.99 Å². The van der Waals surface area contributed by atoms with Gasteiger partial charge >= 0.3 is 5.97 Å². The van der Waals surface area contributed by atoms with E-state index >= 15 is 0 Å². The summed E-state index contributed by atoms with van der Waals surface area (Å²) >= 11 is 0. The molecule has 98 valence electrons. The second kappa shape index (κ2) is 4.93. The normalized spacial score (nSPS) is 21.1. The largest absolute Gasteiger partial charge is 0.535 e. The molecule has 1 aliphatic rings. The quantitative estimate of drug-likeness (QED) is 0.743. The molecule has 6 heteroatoms. The average Bonchev–Trinajstić information content (AvgIpc) is 2.45. The molecule has 0 spiro atoms. The molecule has 1 aliphatic heterocycles. The molecule has 0 aromatic carbocycles. The number of carbonyl (C=O) groups excluding carboxylic acids is 1. The number of hydrogen-bond donors (Lipinski definition) is 0. The van der Waals surface area contributed by atoms with Gasteiger partial charge in [0.05, 0.1) is 0 Å². The maximum Gasteiger partial charge on any atom is 0.317 e. The molecule has 1 atom stereocenters. The van der Waals surface area contributed by atoms with Gasteiger partial charge in [0.2, 0.25) is 16.6 Å². The highest BCUT2D eigenvalue weighted by atomic mass is 28.4. The van der Waals surface area contributed by atoms with Crippen molar-refractivity contribution in [2.24, 2.45) is 4.99 Å². The lowest BCUT2D eigenvalue weighted by Crippen LogP contribution is -2.33. The van der Waals surface area contributed by atoms with Gasteiger partial charge in [0, 0.05) is 6.42 Å². The molecule has 0 aromatic heterocycles. The van der Waals surface area contributed by atoms with Gasteiger partial charge in [-0.25, -0.2) is 4.99 Å². The van der Waals surface area contributed by atoms with Crippen molar-refractivity contribution in [3.8, 4) is 0 Å². The number of nitrogens with zero attached hydrogens (tertiary/aromatic N) is 1. The topological polar surface area (TPSA) is 47.9 Å². The molecule has 0 aliphatic carbocycles. The molecular formula is C11H23NO3Si2. The highest BCUT2D eigenvalue weighted by Gasteiger charge is 2.31. The third kappa shape index (κ3) is 5.49. The van der Waals surface area contributed by atoms with E-state index in [-0.39, 0.29) is 12.0 Å².